The molecule has 1 heterocycles. The van der Waals surface area contributed by atoms with Crippen molar-refractivity contribution < 1.29 is 23.7 Å². The number of hydrogen-bond donors (Lipinski definition) is 1. The van der Waals surface area contributed by atoms with Crippen molar-refractivity contribution >= 4 is 29.0 Å². The van der Waals surface area contributed by atoms with Gasteiger partial charge in [-0.05, 0) is 56.2 Å². The molecule has 0 aromatic heterocycles. The summed E-state index contributed by atoms with van der Waals surface area (Å²) in [6.07, 6.45) is 0. The van der Waals surface area contributed by atoms with Crippen LogP contribution in [0.4, 0.5) is 5.69 Å². The van der Waals surface area contributed by atoms with Gasteiger partial charge in [0.2, 0.25) is 0 Å². The molecule has 2 aromatic carbocycles. The number of nitrogens with zero attached hydrogens (tertiary/aromatic N) is 1. The molecule has 0 amide bonds. The number of thiocarbonyl (C=S) groups is 1. The minimum Gasteiger partial charge on any atom is -0.496 e. The minimum atomic E-state index is -0.605. The van der Waals surface area contributed by atoms with Gasteiger partial charge in [-0.2, -0.15) is 0 Å². The van der Waals surface area contributed by atoms with Gasteiger partial charge in [0.1, 0.15) is 5.75 Å². The van der Waals surface area contributed by atoms with E-state index in [0.717, 1.165) is 16.8 Å². The highest BCUT2D eigenvalue weighted by molar-refractivity contribution is 7.80. The van der Waals surface area contributed by atoms with Gasteiger partial charge in [0.05, 0.1) is 45.7 Å². The first kappa shape index (κ1) is 23.4. The smallest absolute Gasteiger partial charge is 0.337 e. The quantitative estimate of drug-likeness (QED) is 0.512. The predicted molar refractivity (Wildman–Crippen MR) is 128 cm³/mol. The van der Waals surface area contributed by atoms with Crippen LogP contribution in [0.25, 0.3) is 0 Å². The summed E-state index contributed by atoms with van der Waals surface area (Å²) in [6.45, 7) is 5.88. The van der Waals surface area contributed by atoms with Gasteiger partial charge in [-0.15, -0.1) is 0 Å². The van der Waals surface area contributed by atoms with Crippen LogP contribution in [0.5, 0.6) is 17.2 Å². The summed E-state index contributed by atoms with van der Waals surface area (Å²) in [5.41, 5.74) is 4.80. The first-order valence-corrected chi connectivity index (χ1v) is 10.4. The van der Waals surface area contributed by atoms with Crippen molar-refractivity contribution in [2.24, 2.45) is 0 Å². The highest BCUT2D eigenvalue weighted by atomic mass is 32.1. The molecule has 1 atom stereocenters. The molecular weight excluding hydrogens is 428 g/mol. The Morgan fingerprint density at radius 1 is 0.938 bits per heavy atom. The number of anilines is 1. The Bertz CT molecular complexity index is 1100. The van der Waals surface area contributed by atoms with E-state index in [1.54, 1.807) is 33.5 Å². The number of aryl methyl sites for hydroxylation is 2. The SMILES string of the molecule is COC(=O)C1=C(C)N(c2cc(C)ccc2C)C(=S)N[C@@H]1c1cc(OC)c(OC)cc1OC. The van der Waals surface area contributed by atoms with Crippen molar-refractivity contribution in [2.45, 2.75) is 26.8 Å². The van der Waals surface area contributed by atoms with Crippen LogP contribution in [-0.4, -0.2) is 39.5 Å². The van der Waals surface area contributed by atoms with Gasteiger partial charge in [0.25, 0.3) is 0 Å². The Balaban J connectivity index is 2.25. The van der Waals surface area contributed by atoms with E-state index in [-0.39, 0.29) is 0 Å². The molecule has 1 aliphatic rings. The lowest BCUT2D eigenvalue weighted by atomic mass is 9.93. The zero-order valence-corrected chi connectivity index (χ0v) is 20.2. The minimum absolute atomic E-state index is 0.424. The van der Waals surface area contributed by atoms with Crippen molar-refractivity contribution in [1.29, 1.82) is 0 Å². The average Bonchev–Trinajstić information content (AvgIpc) is 2.79. The van der Waals surface area contributed by atoms with E-state index in [4.69, 9.17) is 31.2 Å². The van der Waals surface area contributed by atoms with E-state index in [9.17, 15) is 4.79 Å². The summed E-state index contributed by atoms with van der Waals surface area (Å²) >= 11 is 5.76. The number of methoxy groups -OCH3 is 4. The summed E-state index contributed by atoms with van der Waals surface area (Å²) in [7, 11) is 6.03. The first-order valence-electron chi connectivity index (χ1n) is 10.0. The first-order chi connectivity index (χ1) is 15.3. The van der Waals surface area contributed by atoms with Crippen LogP contribution in [0.2, 0.25) is 0 Å². The van der Waals surface area contributed by atoms with Gasteiger partial charge in [-0.3, -0.25) is 4.90 Å². The second kappa shape index (κ2) is 9.48. The average molecular weight is 457 g/mol. The van der Waals surface area contributed by atoms with Crippen LogP contribution in [-0.2, 0) is 9.53 Å². The van der Waals surface area contributed by atoms with E-state index >= 15 is 0 Å². The number of benzene rings is 2. The van der Waals surface area contributed by atoms with E-state index in [0.29, 0.717) is 39.2 Å². The van der Waals surface area contributed by atoms with Crippen LogP contribution < -0.4 is 24.4 Å². The second-order valence-electron chi connectivity index (χ2n) is 7.45. The molecule has 0 bridgehead atoms. The number of esters is 1. The Labute approximate surface area is 193 Å². The van der Waals surface area contributed by atoms with Gasteiger partial charge in [-0.25, -0.2) is 4.79 Å². The van der Waals surface area contributed by atoms with Crippen molar-refractivity contribution in [3.8, 4) is 17.2 Å². The van der Waals surface area contributed by atoms with E-state index < -0.39 is 12.0 Å². The van der Waals surface area contributed by atoms with Gasteiger partial charge in [-0.1, -0.05) is 12.1 Å². The molecule has 0 aliphatic carbocycles. The molecule has 0 spiro atoms. The molecule has 0 unspecified atom stereocenters. The molecular formula is C24H28N2O5S. The second-order valence-corrected chi connectivity index (χ2v) is 7.83. The third-order valence-electron chi connectivity index (χ3n) is 5.54. The summed E-state index contributed by atoms with van der Waals surface area (Å²) in [6, 6.07) is 9.01. The van der Waals surface area contributed by atoms with Crippen molar-refractivity contribution in [3.05, 3.63) is 58.3 Å². The molecule has 0 fully saturated rings. The lowest BCUT2D eigenvalue weighted by Crippen LogP contribution is -2.48. The Kier molecular flexibility index (Phi) is 6.93. The van der Waals surface area contributed by atoms with Crippen LogP contribution in [0, 0.1) is 13.8 Å². The van der Waals surface area contributed by atoms with Crippen LogP contribution >= 0.6 is 12.2 Å². The highest BCUT2D eigenvalue weighted by Crippen LogP contribution is 2.43. The Morgan fingerprint density at radius 2 is 1.56 bits per heavy atom. The largest absolute Gasteiger partial charge is 0.496 e. The molecule has 7 nitrogen and oxygen atoms in total. The number of rotatable bonds is 6. The fourth-order valence-electron chi connectivity index (χ4n) is 3.88. The molecule has 32 heavy (non-hydrogen) atoms. The maximum Gasteiger partial charge on any atom is 0.337 e. The van der Waals surface area contributed by atoms with Crippen molar-refractivity contribution in [2.75, 3.05) is 33.3 Å². The molecule has 8 heteroatoms. The lowest BCUT2D eigenvalue weighted by molar-refractivity contribution is -0.136. The number of ether oxygens (including phenoxy) is 4. The maximum atomic E-state index is 13.0. The fraction of sp³-hybridized carbons (Fsp3) is 0.333. The third-order valence-corrected chi connectivity index (χ3v) is 5.84. The molecule has 1 N–H and O–H groups in total. The lowest BCUT2D eigenvalue weighted by Gasteiger charge is -2.38. The van der Waals surface area contributed by atoms with Gasteiger partial charge >= 0.3 is 5.97 Å². The molecule has 2 aromatic rings. The number of carbonyl (C=O) groups excluding carboxylic acids is 1. The fourth-order valence-corrected chi connectivity index (χ4v) is 4.23. The van der Waals surface area contributed by atoms with E-state index in [1.807, 2.05) is 43.9 Å². The Hall–Kier alpha value is -3.26. The Morgan fingerprint density at radius 3 is 2.16 bits per heavy atom. The standard InChI is InChI=1S/C24H28N2O5S/c1-13-8-9-14(2)17(10-13)26-15(3)21(23(27)31-7)22(25-24(26)32)16-11-19(29-5)20(30-6)12-18(16)28-4/h8-12,22H,1-7H3,(H,25,32)/t22-/m1/s1. The summed E-state index contributed by atoms with van der Waals surface area (Å²) in [5, 5.41) is 3.77. The van der Waals surface area contributed by atoms with Crippen LogP contribution in [0.15, 0.2) is 41.6 Å². The van der Waals surface area contributed by atoms with Crippen molar-refractivity contribution in [3.63, 3.8) is 0 Å². The molecule has 3 rings (SSSR count). The van der Waals surface area contributed by atoms with Gasteiger partial charge < -0.3 is 24.3 Å². The van der Waals surface area contributed by atoms with E-state index in [2.05, 4.69) is 5.32 Å². The summed E-state index contributed by atoms with van der Waals surface area (Å²) in [5.74, 6) is 1.09. The number of hydrogen-bond acceptors (Lipinski definition) is 6. The number of carbonyl (C=O) groups is 1. The molecule has 0 saturated carbocycles. The monoisotopic (exact) mass is 456 g/mol. The number of nitrogens with one attached hydrogen (secondary N) is 1. The van der Waals surface area contributed by atoms with Crippen LogP contribution in [0.3, 0.4) is 0 Å². The number of allylic oxidation sites excluding steroid dienone is 1. The van der Waals surface area contributed by atoms with Crippen molar-refractivity contribution in [1.82, 2.24) is 5.32 Å². The predicted octanol–water partition coefficient (Wildman–Crippen LogP) is 4.21. The summed E-state index contributed by atoms with van der Waals surface area (Å²) in [4.78, 5) is 14.9. The maximum absolute atomic E-state index is 13.0. The highest BCUT2D eigenvalue weighted by Gasteiger charge is 2.37. The normalized spacial score (nSPS) is 15.9. The van der Waals surface area contributed by atoms with Gasteiger partial charge in [0.15, 0.2) is 16.6 Å². The summed E-state index contributed by atoms with van der Waals surface area (Å²) < 4.78 is 21.6. The van der Waals surface area contributed by atoms with Crippen LogP contribution in [0.1, 0.15) is 29.7 Å². The zero-order chi connectivity index (χ0) is 23.6. The molecule has 170 valence electrons. The zero-order valence-electron chi connectivity index (χ0n) is 19.4. The third kappa shape index (κ3) is 4.10. The molecule has 0 saturated heterocycles. The van der Waals surface area contributed by atoms with Gasteiger partial charge in [0, 0.05) is 17.3 Å². The topological polar surface area (TPSA) is 69.3 Å². The molecule has 0 radical (unpaired) electrons. The molecule has 1 aliphatic heterocycles. The van der Waals surface area contributed by atoms with E-state index in [1.165, 1.54) is 7.11 Å².